The number of aryl methyl sites for hydroxylation is 4. The highest BCUT2D eigenvalue weighted by Crippen LogP contribution is 2.20. The summed E-state index contributed by atoms with van der Waals surface area (Å²) in [5, 5.41) is 4.09. The van der Waals surface area contributed by atoms with E-state index in [1.165, 1.54) is 0 Å². The van der Waals surface area contributed by atoms with Crippen molar-refractivity contribution < 1.29 is 23.1 Å². The Hall–Kier alpha value is -3.53. The first-order chi connectivity index (χ1) is 18.8. The van der Waals surface area contributed by atoms with Crippen molar-refractivity contribution in [2.75, 3.05) is 28.4 Å². The van der Waals surface area contributed by atoms with E-state index in [4.69, 9.17) is 23.1 Å². The van der Waals surface area contributed by atoms with Crippen LogP contribution in [0.4, 0.5) is 0 Å². The molecule has 0 atom stereocenters. The number of hydrogen-bond donors (Lipinski definition) is 0. The number of ether oxygens (including phenoxy) is 4. The van der Waals surface area contributed by atoms with Gasteiger partial charge in [0.25, 0.3) is 18.1 Å². The molecule has 202 valence electrons. The molecule has 5 nitrogen and oxygen atoms in total. The Kier molecular flexibility index (Phi) is 9.17. The normalized spacial score (nSPS) is 11.1. The van der Waals surface area contributed by atoms with Crippen LogP contribution in [0, 0.1) is 27.7 Å². The van der Waals surface area contributed by atoms with Crippen molar-refractivity contribution in [2.45, 2.75) is 27.7 Å². The highest BCUT2D eigenvalue weighted by atomic mass is 28.4. The third-order valence-corrected chi connectivity index (χ3v) is 11.9. The zero-order valence-electron chi connectivity index (χ0n) is 24.0. The van der Waals surface area contributed by atoms with Crippen LogP contribution in [0.25, 0.3) is 0 Å². The van der Waals surface area contributed by atoms with Crippen LogP contribution in [0.3, 0.4) is 0 Å². The molecule has 7 heteroatoms. The molecule has 0 spiro atoms. The topological polar surface area (TPSA) is 46.2 Å². The predicted molar refractivity (Wildman–Crippen MR) is 162 cm³/mol. The Balaban J connectivity index is 2.00. The standard InChI is InChI=1S/C32H36O5Si2/c1-21-9-13-29(25(17-21)33-5)38(30-14-10-22(2)18-26(30)34-6)37-39(31-15-11-23(3)19-27(31)35-7)32-16-12-24(4)20-28(32)36-8/h9-20H,1-8H3. The van der Waals surface area contributed by atoms with Crippen molar-refractivity contribution in [2.24, 2.45) is 0 Å². The second kappa shape index (κ2) is 12.6. The summed E-state index contributed by atoms with van der Waals surface area (Å²) in [5.41, 5.74) is 4.50. The quantitative estimate of drug-likeness (QED) is 0.278. The minimum Gasteiger partial charge on any atom is -0.497 e. The molecule has 0 aromatic heterocycles. The smallest absolute Gasteiger partial charge is 0.280 e. The summed E-state index contributed by atoms with van der Waals surface area (Å²) in [7, 11) is 3.05. The van der Waals surface area contributed by atoms with Gasteiger partial charge in [0.2, 0.25) is 0 Å². The fraction of sp³-hybridized carbons (Fsp3) is 0.250. The van der Waals surface area contributed by atoms with Gasteiger partial charge in [-0.25, -0.2) is 0 Å². The zero-order valence-corrected chi connectivity index (χ0v) is 26.0. The van der Waals surface area contributed by atoms with Crippen LogP contribution >= 0.6 is 0 Å². The van der Waals surface area contributed by atoms with Gasteiger partial charge in [-0.15, -0.1) is 0 Å². The van der Waals surface area contributed by atoms with E-state index in [0.29, 0.717) is 0 Å². The molecule has 2 radical (unpaired) electrons. The molecule has 0 saturated heterocycles. The summed E-state index contributed by atoms with van der Waals surface area (Å²) in [6.45, 7) is 8.26. The van der Waals surface area contributed by atoms with Crippen LogP contribution in [-0.2, 0) is 4.12 Å². The van der Waals surface area contributed by atoms with Gasteiger partial charge in [0.15, 0.2) is 0 Å². The summed E-state index contributed by atoms with van der Waals surface area (Å²) in [6.07, 6.45) is 0. The van der Waals surface area contributed by atoms with Gasteiger partial charge >= 0.3 is 0 Å². The Morgan fingerprint density at radius 2 is 0.615 bits per heavy atom. The fourth-order valence-electron chi connectivity index (χ4n) is 4.56. The lowest BCUT2D eigenvalue weighted by molar-refractivity contribution is 0.413. The fourth-order valence-corrected chi connectivity index (χ4v) is 10.2. The molecule has 0 aliphatic heterocycles. The van der Waals surface area contributed by atoms with Crippen LogP contribution in [0.15, 0.2) is 72.8 Å². The van der Waals surface area contributed by atoms with E-state index in [2.05, 4.69) is 100 Å². The molecule has 4 aromatic rings. The SMILES string of the molecule is COc1cc(C)ccc1[Si](O[Si](c1ccc(C)cc1OC)c1ccc(C)cc1OC)c1ccc(C)cc1OC. The molecule has 4 aromatic carbocycles. The number of rotatable bonds is 10. The molecule has 0 heterocycles. The maximum atomic E-state index is 7.41. The van der Waals surface area contributed by atoms with Crippen molar-refractivity contribution in [3.8, 4) is 23.0 Å². The lowest BCUT2D eigenvalue weighted by Crippen LogP contribution is -2.56. The van der Waals surface area contributed by atoms with E-state index in [-0.39, 0.29) is 0 Å². The first-order valence-corrected chi connectivity index (χ1v) is 15.6. The molecule has 0 unspecified atom stereocenters. The molecule has 0 saturated carbocycles. The molecule has 0 bridgehead atoms. The largest absolute Gasteiger partial charge is 0.497 e. The highest BCUT2D eigenvalue weighted by Gasteiger charge is 2.35. The third-order valence-electron chi connectivity index (χ3n) is 6.61. The van der Waals surface area contributed by atoms with Crippen molar-refractivity contribution in [1.29, 1.82) is 0 Å². The molecule has 0 fully saturated rings. The van der Waals surface area contributed by atoms with E-state index in [1.807, 2.05) is 0 Å². The second-order valence-electron chi connectivity index (χ2n) is 9.58. The van der Waals surface area contributed by atoms with Gasteiger partial charge in [0.1, 0.15) is 23.0 Å². The Morgan fingerprint density at radius 3 is 0.821 bits per heavy atom. The Bertz CT molecular complexity index is 1240. The van der Waals surface area contributed by atoms with E-state index in [0.717, 1.165) is 66.0 Å². The van der Waals surface area contributed by atoms with Crippen molar-refractivity contribution in [1.82, 2.24) is 0 Å². The minimum atomic E-state index is -1.89. The molecular formula is C32H36O5Si2. The van der Waals surface area contributed by atoms with Crippen molar-refractivity contribution >= 4 is 38.8 Å². The Morgan fingerprint density at radius 1 is 0.385 bits per heavy atom. The molecule has 0 aliphatic rings. The van der Waals surface area contributed by atoms with E-state index in [9.17, 15) is 0 Å². The van der Waals surface area contributed by atoms with Gasteiger partial charge < -0.3 is 23.1 Å². The molecule has 0 N–H and O–H groups in total. The molecule has 39 heavy (non-hydrogen) atoms. The summed E-state index contributed by atoms with van der Waals surface area (Å²) < 4.78 is 31.0. The molecular weight excluding hydrogens is 521 g/mol. The average Bonchev–Trinajstić information content (AvgIpc) is 2.94. The van der Waals surface area contributed by atoms with Gasteiger partial charge in [-0.1, -0.05) is 48.5 Å². The maximum Gasteiger partial charge on any atom is 0.280 e. The molecule has 0 aliphatic carbocycles. The van der Waals surface area contributed by atoms with Gasteiger partial charge in [-0.3, -0.25) is 0 Å². The summed E-state index contributed by atoms with van der Waals surface area (Å²) in [4.78, 5) is 0. The van der Waals surface area contributed by atoms with Crippen LogP contribution in [0.1, 0.15) is 22.3 Å². The Labute approximate surface area is 235 Å². The monoisotopic (exact) mass is 556 g/mol. The molecule has 0 amide bonds. The maximum absolute atomic E-state index is 7.41. The lowest BCUT2D eigenvalue weighted by Gasteiger charge is -2.27. The van der Waals surface area contributed by atoms with Gasteiger partial charge in [-0.2, -0.15) is 0 Å². The number of benzene rings is 4. The van der Waals surface area contributed by atoms with Gasteiger partial charge in [0, 0.05) is 20.7 Å². The van der Waals surface area contributed by atoms with Gasteiger partial charge in [0.05, 0.1) is 28.4 Å². The van der Waals surface area contributed by atoms with Crippen LogP contribution in [0.2, 0.25) is 0 Å². The van der Waals surface area contributed by atoms with E-state index >= 15 is 0 Å². The third kappa shape index (κ3) is 6.22. The minimum absolute atomic E-state index is 0.805. The average molecular weight is 557 g/mol. The van der Waals surface area contributed by atoms with Gasteiger partial charge in [-0.05, 0) is 74.2 Å². The van der Waals surface area contributed by atoms with Crippen molar-refractivity contribution in [3.05, 3.63) is 95.1 Å². The number of methoxy groups -OCH3 is 4. The summed E-state index contributed by atoms with van der Waals surface area (Å²) >= 11 is 0. The lowest BCUT2D eigenvalue weighted by atomic mass is 10.2. The van der Waals surface area contributed by atoms with Crippen molar-refractivity contribution in [3.63, 3.8) is 0 Å². The van der Waals surface area contributed by atoms with Crippen LogP contribution in [-0.4, -0.2) is 46.5 Å². The molecule has 4 rings (SSSR count). The van der Waals surface area contributed by atoms with Crippen LogP contribution < -0.4 is 39.7 Å². The number of hydrogen-bond acceptors (Lipinski definition) is 5. The predicted octanol–water partition coefficient (Wildman–Crippen LogP) is 3.88. The van der Waals surface area contributed by atoms with E-state index in [1.54, 1.807) is 28.4 Å². The van der Waals surface area contributed by atoms with E-state index < -0.39 is 18.1 Å². The highest BCUT2D eigenvalue weighted by molar-refractivity contribution is 6.93. The first kappa shape index (κ1) is 28.5. The summed E-state index contributed by atoms with van der Waals surface area (Å²) in [6, 6.07) is 25.2. The second-order valence-corrected chi connectivity index (χ2v) is 13.9. The van der Waals surface area contributed by atoms with Crippen LogP contribution in [0.5, 0.6) is 23.0 Å². The first-order valence-electron chi connectivity index (χ1n) is 12.8. The zero-order chi connectivity index (χ0) is 28.1. The summed E-state index contributed by atoms with van der Waals surface area (Å²) in [5.74, 6) is 3.22.